The van der Waals surface area contributed by atoms with E-state index in [1.807, 2.05) is 0 Å². The van der Waals surface area contributed by atoms with Crippen molar-refractivity contribution in [3.05, 3.63) is 0 Å². The molecule has 0 aromatic rings. The number of carbonyl (C=O) groups excluding carboxylic acids is 1. The first-order chi connectivity index (χ1) is 6.69. The van der Waals surface area contributed by atoms with Gasteiger partial charge in [0.15, 0.2) is 0 Å². The Bertz CT molecular complexity index is 341. The summed E-state index contributed by atoms with van der Waals surface area (Å²) in [7, 11) is 0. The van der Waals surface area contributed by atoms with Crippen molar-refractivity contribution in [2.75, 3.05) is 13.2 Å². The Hall–Kier alpha value is -1.94. The second-order valence-electron chi connectivity index (χ2n) is 2.39. The van der Waals surface area contributed by atoms with Crippen molar-refractivity contribution >= 4 is 17.8 Å². The van der Waals surface area contributed by atoms with E-state index in [4.69, 9.17) is 20.8 Å². The van der Waals surface area contributed by atoms with Crippen LogP contribution in [0.3, 0.4) is 0 Å². The molecule has 14 heavy (non-hydrogen) atoms. The highest BCUT2D eigenvalue weighted by Crippen LogP contribution is 2.08. The zero-order valence-corrected chi connectivity index (χ0v) is 7.17. The van der Waals surface area contributed by atoms with Crippen molar-refractivity contribution in [2.24, 2.45) is 21.6 Å². The quantitative estimate of drug-likeness (QED) is 0.550. The summed E-state index contributed by atoms with van der Waals surface area (Å²) in [6.07, 6.45) is 0. The summed E-state index contributed by atoms with van der Waals surface area (Å²) in [6.45, 7) is -0.278. The topological polar surface area (TPSA) is 121 Å². The van der Waals surface area contributed by atoms with Gasteiger partial charge in [-0.3, -0.25) is 4.79 Å². The zero-order chi connectivity index (χ0) is 10.6. The molecular weight excluding hydrogens is 188 g/mol. The summed E-state index contributed by atoms with van der Waals surface area (Å²) >= 11 is 0. The summed E-state index contributed by atoms with van der Waals surface area (Å²) in [6, 6.07) is 1.68. The van der Waals surface area contributed by atoms with E-state index in [2.05, 4.69) is 9.98 Å². The molecule has 1 amide bonds. The molecule has 3 N–H and O–H groups in total. The van der Waals surface area contributed by atoms with E-state index in [1.54, 1.807) is 6.07 Å². The van der Waals surface area contributed by atoms with E-state index < -0.39 is 11.8 Å². The number of aliphatic hydroxyl groups is 1. The lowest BCUT2D eigenvalue weighted by atomic mass is 10.1. The maximum Gasteiger partial charge on any atom is 0.275 e. The summed E-state index contributed by atoms with van der Waals surface area (Å²) in [5.74, 6) is -2.21. The van der Waals surface area contributed by atoms with Crippen LogP contribution in [-0.4, -0.2) is 36.1 Å². The van der Waals surface area contributed by atoms with Gasteiger partial charge in [-0.1, -0.05) is 0 Å². The summed E-state index contributed by atoms with van der Waals surface area (Å²) < 4.78 is 4.87. The van der Waals surface area contributed by atoms with E-state index >= 15 is 0 Å². The average molecular weight is 196 g/mol. The fourth-order valence-electron chi connectivity index (χ4n) is 0.862. The molecule has 0 aliphatic carbocycles. The number of rotatable bonds is 2. The number of amides is 1. The highest BCUT2D eigenvalue weighted by molar-refractivity contribution is 6.14. The van der Waals surface area contributed by atoms with E-state index in [0.29, 0.717) is 0 Å². The van der Waals surface area contributed by atoms with Gasteiger partial charge < -0.3 is 15.6 Å². The largest absolute Gasteiger partial charge is 0.477 e. The third kappa shape index (κ3) is 2.05. The first kappa shape index (κ1) is 10.1. The SMILES string of the molecule is N#CC1C(=O)N=C(N)N=C1OCCO. The molecule has 7 nitrogen and oxygen atoms in total. The minimum Gasteiger partial charge on any atom is -0.477 e. The second kappa shape index (κ2) is 4.34. The molecule has 0 spiro atoms. The van der Waals surface area contributed by atoms with Crippen LogP contribution < -0.4 is 5.73 Å². The number of nitrogens with two attached hydrogens (primary N) is 1. The van der Waals surface area contributed by atoms with Gasteiger partial charge in [0, 0.05) is 0 Å². The molecule has 0 saturated heterocycles. The molecule has 0 radical (unpaired) electrons. The predicted octanol–water partition coefficient (Wildman–Crippen LogP) is -1.61. The van der Waals surface area contributed by atoms with Gasteiger partial charge in [-0.15, -0.1) is 0 Å². The van der Waals surface area contributed by atoms with Crippen molar-refractivity contribution in [1.29, 1.82) is 5.26 Å². The summed E-state index contributed by atoms with van der Waals surface area (Å²) in [5, 5.41) is 17.1. The highest BCUT2D eigenvalue weighted by Gasteiger charge is 2.29. The molecule has 0 saturated carbocycles. The van der Waals surface area contributed by atoms with E-state index in [1.165, 1.54) is 0 Å². The molecule has 1 aliphatic heterocycles. The third-order valence-electron chi connectivity index (χ3n) is 1.41. The molecular formula is C7H8N4O3. The van der Waals surface area contributed by atoms with Crippen molar-refractivity contribution in [3.8, 4) is 6.07 Å². The lowest BCUT2D eigenvalue weighted by molar-refractivity contribution is -0.118. The molecule has 0 aromatic heterocycles. The van der Waals surface area contributed by atoms with Crippen LogP contribution in [0.2, 0.25) is 0 Å². The van der Waals surface area contributed by atoms with Crippen LogP contribution in [0.15, 0.2) is 9.98 Å². The molecule has 1 rings (SSSR count). The number of hydrogen-bond donors (Lipinski definition) is 2. The lowest BCUT2D eigenvalue weighted by Gasteiger charge is -2.13. The van der Waals surface area contributed by atoms with Crippen LogP contribution in [0.4, 0.5) is 0 Å². The first-order valence-electron chi connectivity index (χ1n) is 3.79. The molecule has 1 unspecified atom stereocenters. The number of carbonyl (C=O) groups is 1. The van der Waals surface area contributed by atoms with Gasteiger partial charge in [0.1, 0.15) is 6.61 Å². The molecule has 1 heterocycles. The number of guanidine groups is 1. The van der Waals surface area contributed by atoms with Crippen molar-refractivity contribution in [1.82, 2.24) is 0 Å². The van der Waals surface area contributed by atoms with Gasteiger partial charge in [0.05, 0.1) is 12.7 Å². The maximum atomic E-state index is 11.1. The Kier molecular flexibility index (Phi) is 3.14. The van der Waals surface area contributed by atoms with Crippen molar-refractivity contribution in [2.45, 2.75) is 0 Å². The van der Waals surface area contributed by atoms with E-state index in [0.717, 1.165) is 0 Å². The second-order valence-corrected chi connectivity index (χ2v) is 2.39. The van der Waals surface area contributed by atoms with E-state index in [9.17, 15) is 4.79 Å². The van der Waals surface area contributed by atoms with Crippen molar-refractivity contribution in [3.63, 3.8) is 0 Å². The standard InChI is InChI=1S/C7H8N4O3/c8-3-4-5(13)10-7(9)11-6(4)14-2-1-12/h4,12H,1-2H2,(H2,9,10,13). The Morgan fingerprint density at radius 2 is 2.36 bits per heavy atom. The molecule has 0 bridgehead atoms. The lowest BCUT2D eigenvalue weighted by Crippen LogP contribution is -2.32. The fraction of sp³-hybridized carbons (Fsp3) is 0.429. The predicted molar refractivity (Wildman–Crippen MR) is 46.2 cm³/mol. The maximum absolute atomic E-state index is 11.1. The fourth-order valence-corrected chi connectivity index (χ4v) is 0.862. The van der Waals surface area contributed by atoms with Crippen LogP contribution in [0.5, 0.6) is 0 Å². The molecule has 0 aromatic carbocycles. The minimum absolute atomic E-state index is 0.0441. The number of aliphatic imine (C=N–C) groups is 2. The molecule has 1 aliphatic rings. The van der Waals surface area contributed by atoms with Crippen LogP contribution in [0.25, 0.3) is 0 Å². The Labute approximate surface area is 79.5 Å². The Morgan fingerprint density at radius 3 is 2.93 bits per heavy atom. The van der Waals surface area contributed by atoms with Crippen molar-refractivity contribution < 1.29 is 14.6 Å². The number of aliphatic hydroxyl groups excluding tert-OH is 1. The number of nitriles is 1. The zero-order valence-electron chi connectivity index (χ0n) is 7.17. The van der Waals surface area contributed by atoms with Gasteiger partial charge in [-0.2, -0.15) is 15.2 Å². The Morgan fingerprint density at radius 1 is 1.64 bits per heavy atom. The van der Waals surface area contributed by atoms with E-state index in [-0.39, 0.29) is 25.1 Å². The molecule has 1 atom stereocenters. The smallest absolute Gasteiger partial charge is 0.275 e. The minimum atomic E-state index is -1.16. The number of ether oxygens (including phenoxy) is 1. The van der Waals surface area contributed by atoms with Gasteiger partial charge in [0.25, 0.3) is 5.91 Å². The molecule has 7 heteroatoms. The van der Waals surface area contributed by atoms with Gasteiger partial charge in [0.2, 0.25) is 17.8 Å². The first-order valence-corrected chi connectivity index (χ1v) is 3.79. The monoisotopic (exact) mass is 196 g/mol. The van der Waals surface area contributed by atoms with Gasteiger partial charge in [-0.25, -0.2) is 0 Å². The van der Waals surface area contributed by atoms with Gasteiger partial charge >= 0.3 is 0 Å². The van der Waals surface area contributed by atoms with Crippen LogP contribution in [-0.2, 0) is 9.53 Å². The van der Waals surface area contributed by atoms with Crippen LogP contribution >= 0.6 is 0 Å². The van der Waals surface area contributed by atoms with Crippen LogP contribution in [0, 0.1) is 17.2 Å². The average Bonchev–Trinajstić information content (AvgIpc) is 2.14. The highest BCUT2D eigenvalue weighted by atomic mass is 16.5. The van der Waals surface area contributed by atoms with Crippen LogP contribution in [0.1, 0.15) is 0 Å². The number of nitrogens with zero attached hydrogens (tertiary/aromatic N) is 3. The van der Waals surface area contributed by atoms with Gasteiger partial charge in [-0.05, 0) is 0 Å². The summed E-state index contributed by atoms with van der Waals surface area (Å²) in [5.41, 5.74) is 5.19. The third-order valence-corrected chi connectivity index (χ3v) is 1.41. The number of hydrogen-bond acceptors (Lipinski definition) is 6. The Balaban J connectivity index is 2.83. The summed E-state index contributed by atoms with van der Waals surface area (Å²) in [4.78, 5) is 18.0. The molecule has 74 valence electrons. The molecule has 0 fully saturated rings. The normalized spacial score (nSPS) is 20.9.